The summed E-state index contributed by atoms with van der Waals surface area (Å²) in [7, 11) is 0. The smallest absolute Gasteiger partial charge is 0.139 e. The second-order valence-electron chi connectivity index (χ2n) is 5.20. The van der Waals surface area contributed by atoms with Crippen LogP contribution in [0.5, 0.6) is 0 Å². The molecule has 1 saturated heterocycles. The summed E-state index contributed by atoms with van der Waals surface area (Å²) >= 11 is 0. The van der Waals surface area contributed by atoms with Crippen LogP contribution in [-0.2, 0) is 4.79 Å². The number of aliphatic hydroxyl groups excluding tert-OH is 4. The van der Waals surface area contributed by atoms with E-state index in [1.54, 1.807) is 4.90 Å². The lowest BCUT2D eigenvalue weighted by molar-refractivity contribution is -0.114. The van der Waals surface area contributed by atoms with Gasteiger partial charge < -0.3 is 25.2 Å². The van der Waals surface area contributed by atoms with E-state index >= 15 is 0 Å². The summed E-state index contributed by atoms with van der Waals surface area (Å²) in [6.45, 7) is 2.70. The van der Waals surface area contributed by atoms with Crippen LogP contribution in [0.25, 0.3) is 0 Å². The molecule has 1 aliphatic heterocycles. The third-order valence-electron chi connectivity index (χ3n) is 3.78. The van der Waals surface area contributed by atoms with Gasteiger partial charge in [-0.3, -0.25) is 10.2 Å². The molecule has 1 fully saturated rings. The average Bonchev–Trinajstić information content (AvgIpc) is 2.64. The number of aldehydes is 1. The van der Waals surface area contributed by atoms with Gasteiger partial charge in [-0.1, -0.05) is 13.3 Å². The Hall–Kier alpha value is -0.570. The van der Waals surface area contributed by atoms with Crippen molar-refractivity contribution in [1.29, 1.82) is 0 Å². The second kappa shape index (κ2) is 8.66. The number of hydrogen-bond acceptors (Lipinski definition) is 7. The monoisotopic (exact) mass is 290 g/mol. The van der Waals surface area contributed by atoms with Crippen molar-refractivity contribution >= 4 is 6.29 Å². The third-order valence-corrected chi connectivity index (χ3v) is 3.78. The van der Waals surface area contributed by atoms with E-state index in [-0.39, 0.29) is 19.6 Å². The quantitative estimate of drug-likeness (QED) is 0.190. The van der Waals surface area contributed by atoms with Gasteiger partial charge in [0.25, 0.3) is 0 Å². The highest BCUT2D eigenvalue weighted by atomic mass is 16.3. The van der Waals surface area contributed by atoms with Crippen LogP contribution in [0.2, 0.25) is 0 Å². The molecule has 0 amide bonds. The zero-order valence-corrected chi connectivity index (χ0v) is 11.9. The van der Waals surface area contributed by atoms with Crippen molar-refractivity contribution < 1.29 is 25.2 Å². The molecule has 0 bridgehead atoms. The van der Waals surface area contributed by atoms with Crippen LogP contribution in [0.15, 0.2) is 0 Å². The third kappa shape index (κ3) is 4.21. The Bertz CT molecular complexity index is 292. The van der Waals surface area contributed by atoms with Crippen LogP contribution >= 0.6 is 0 Å². The molecule has 5 N–H and O–H groups in total. The van der Waals surface area contributed by atoms with Crippen molar-refractivity contribution in [3.63, 3.8) is 0 Å². The van der Waals surface area contributed by atoms with E-state index in [1.165, 1.54) is 0 Å². The molecule has 20 heavy (non-hydrogen) atoms. The molecular weight excluding hydrogens is 264 g/mol. The molecule has 1 aliphatic rings. The first kappa shape index (κ1) is 17.5. The number of nitrogens with zero attached hydrogens (tertiary/aromatic N) is 1. The van der Waals surface area contributed by atoms with Gasteiger partial charge in [-0.15, -0.1) is 0 Å². The fraction of sp³-hybridized carbons (Fsp3) is 0.923. The molecule has 0 radical (unpaired) electrons. The lowest BCUT2D eigenvalue weighted by Gasteiger charge is -2.29. The van der Waals surface area contributed by atoms with E-state index in [9.17, 15) is 20.1 Å². The van der Waals surface area contributed by atoms with Gasteiger partial charge in [0.05, 0.1) is 18.8 Å². The number of carbonyl (C=O) groups is 1. The minimum absolute atomic E-state index is 0.171. The van der Waals surface area contributed by atoms with E-state index in [1.807, 2.05) is 6.92 Å². The number of likely N-dealkylation sites (tertiary alicyclic amines) is 1. The Balaban J connectivity index is 2.62. The number of carbonyl (C=O) groups excluding carboxylic acids is 1. The Morgan fingerprint density at radius 1 is 1.35 bits per heavy atom. The van der Waals surface area contributed by atoms with Crippen molar-refractivity contribution in [2.75, 3.05) is 19.7 Å². The molecule has 0 aromatic heterocycles. The van der Waals surface area contributed by atoms with Gasteiger partial charge in [-0.25, -0.2) is 0 Å². The standard InChI is InChI=1S/C13H26N2O5/c1-2-3-4-14-11(18)7-9-12(19)13(20)10(8-17)15(9)5-6-16/h8-14,16,18-20H,2-7H2,1H3. The Labute approximate surface area is 119 Å². The predicted octanol–water partition coefficient (Wildman–Crippen LogP) is -1.95. The first-order valence-corrected chi connectivity index (χ1v) is 7.16. The lowest BCUT2D eigenvalue weighted by Crippen LogP contribution is -2.45. The van der Waals surface area contributed by atoms with E-state index in [4.69, 9.17) is 5.11 Å². The Kier molecular flexibility index (Phi) is 7.57. The number of nitrogens with one attached hydrogen (secondary N) is 1. The van der Waals surface area contributed by atoms with Crippen molar-refractivity contribution in [2.24, 2.45) is 0 Å². The SMILES string of the molecule is CCCCNC(O)CC1C(O)C(O)C(C=O)N1CCO. The number of aliphatic hydroxyl groups is 4. The van der Waals surface area contributed by atoms with Gasteiger partial charge in [0, 0.05) is 19.0 Å². The molecule has 0 saturated carbocycles. The van der Waals surface area contributed by atoms with Crippen molar-refractivity contribution in [3.05, 3.63) is 0 Å². The average molecular weight is 290 g/mol. The van der Waals surface area contributed by atoms with Crippen LogP contribution in [0, 0.1) is 0 Å². The highest BCUT2D eigenvalue weighted by Crippen LogP contribution is 2.26. The van der Waals surface area contributed by atoms with Gasteiger partial charge in [0.2, 0.25) is 0 Å². The maximum Gasteiger partial charge on any atom is 0.139 e. The lowest BCUT2D eigenvalue weighted by atomic mass is 10.1. The minimum atomic E-state index is -1.19. The van der Waals surface area contributed by atoms with Crippen molar-refractivity contribution in [3.8, 4) is 0 Å². The summed E-state index contributed by atoms with van der Waals surface area (Å²) in [5.41, 5.74) is 0. The van der Waals surface area contributed by atoms with E-state index in [0.29, 0.717) is 12.8 Å². The molecule has 1 rings (SSSR count). The zero-order valence-electron chi connectivity index (χ0n) is 11.9. The fourth-order valence-electron chi connectivity index (χ4n) is 2.66. The Morgan fingerprint density at radius 3 is 2.60 bits per heavy atom. The molecule has 5 unspecified atom stereocenters. The first-order valence-electron chi connectivity index (χ1n) is 7.16. The summed E-state index contributed by atoms with van der Waals surface area (Å²) in [4.78, 5) is 12.6. The minimum Gasteiger partial charge on any atom is -0.395 e. The van der Waals surface area contributed by atoms with E-state index in [0.717, 1.165) is 12.8 Å². The van der Waals surface area contributed by atoms with Gasteiger partial charge in [0.1, 0.15) is 18.6 Å². The van der Waals surface area contributed by atoms with Gasteiger partial charge in [0.15, 0.2) is 0 Å². The number of rotatable bonds is 9. The molecule has 118 valence electrons. The topological polar surface area (TPSA) is 113 Å². The summed E-state index contributed by atoms with van der Waals surface area (Å²) in [6.07, 6.45) is -0.420. The van der Waals surface area contributed by atoms with Crippen LogP contribution in [0.4, 0.5) is 0 Å². The molecule has 0 aromatic carbocycles. The molecule has 7 heteroatoms. The molecule has 1 heterocycles. The van der Waals surface area contributed by atoms with Crippen LogP contribution < -0.4 is 5.32 Å². The predicted molar refractivity (Wildman–Crippen MR) is 73.0 cm³/mol. The molecule has 7 nitrogen and oxygen atoms in total. The normalized spacial score (nSPS) is 32.5. The summed E-state index contributed by atoms with van der Waals surface area (Å²) in [6, 6.07) is -1.40. The first-order chi connectivity index (χ1) is 9.56. The second-order valence-corrected chi connectivity index (χ2v) is 5.20. The van der Waals surface area contributed by atoms with Crippen LogP contribution in [0.3, 0.4) is 0 Å². The number of hydrogen-bond donors (Lipinski definition) is 5. The van der Waals surface area contributed by atoms with E-state index in [2.05, 4.69) is 5.32 Å². The summed E-state index contributed by atoms with van der Waals surface area (Å²) in [5, 5.41) is 41.7. The molecular formula is C13H26N2O5. The summed E-state index contributed by atoms with van der Waals surface area (Å²) in [5.74, 6) is 0. The summed E-state index contributed by atoms with van der Waals surface area (Å²) < 4.78 is 0. The maximum atomic E-state index is 11.0. The highest BCUT2D eigenvalue weighted by molar-refractivity contribution is 5.60. The van der Waals surface area contributed by atoms with Gasteiger partial charge in [-0.2, -0.15) is 0 Å². The van der Waals surface area contributed by atoms with Crippen LogP contribution in [-0.4, -0.2) is 81.8 Å². The fourth-order valence-corrected chi connectivity index (χ4v) is 2.66. The Morgan fingerprint density at radius 2 is 2.05 bits per heavy atom. The zero-order chi connectivity index (χ0) is 15.1. The number of unbranched alkanes of at least 4 members (excludes halogenated alkanes) is 1. The van der Waals surface area contributed by atoms with E-state index < -0.39 is 30.5 Å². The molecule has 0 spiro atoms. The van der Waals surface area contributed by atoms with Gasteiger partial charge in [-0.05, 0) is 13.0 Å². The molecule has 0 aromatic rings. The largest absolute Gasteiger partial charge is 0.395 e. The molecule has 0 aliphatic carbocycles. The maximum absolute atomic E-state index is 11.0. The molecule has 5 atom stereocenters. The van der Waals surface area contributed by atoms with Gasteiger partial charge >= 0.3 is 0 Å². The van der Waals surface area contributed by atoms with Crippen LogP contribution in [0.1, 0.15) is 26.2 Å². The number of β-amino-alcohol motifs (C(OH)–C–C–N with tert-alkyl or cyclic N) is 1. The highest BCUT2D eigenvalue weighted by Gasteiger charge is 2.47. The van der Waals surface area contributed by atoms with Crippen molar-refractivity contribution in [1.82, 2.24) is 10.2 Å². The van der Waals surface area contributed by atoms with Crippen molar-refractivity contribution in [2.45, 2.75) is 56.7 Å².